The van der Waals surface area contributed by atoms with Gasteiger partial charge in [0.2, 0.25) is 5.91 Å². The molecule has 3 aliphatic rings. The Hall–Kier alpha value is -1.33. The SMILES string of the molecule is Cl.O=C(CC1CC2CCC(C1)N2)Nc1ccc(OC2CCCC2)c(F)c1. The number of fused-ring (bicyclic) bond motifs is 2. The van der Waals surface area contributed by atoms with E-state index in [0.29, 0.717) is 35.9 Å². The first-order valence-corrected chi connectivity index (χ1v) is 9.68. The van der Waals surface area contributed by atoms with Gasteiger partial charge in [-0.25, -0.2) is 4.39 Å². The summed E-state index contributed by atoms with van der Waals surface area (Å²) in [7, 11) is 0. The third kappa shape index (κ3) is 4.68. The number of nitrogens with one attached hydrogen (secondary N) is 2. The fourth-order valence-electron chi connectivity index (χ4n) is 4.68. The Bertz CT molecular complexity index is 624. The van der Waals surface area contributed by atoms with Crippen LogP contribution in [0.15, 0.2) is 18.2 Å². The van der Waals surface area contributed by atoms with Gasteiger partial charge in [-0.05, 0) is 69.4 Å². The quantitative estimate of drug-likeness (QED) is 0.792. The lowest BCUT2D eigenvalue weighted by Crippen LogP contribution is -2.39. The van der Waals surface area contributed by atoms with Crippen molar-refractivity contribution >= 4 is 24.0 Å². The van der Waals surface area contributed by atoms with Gasteiger partial charge in [0.25, 0.3) is 0 Å². The Labute approximate surface area is 160 Å². The van der Waals surface area contributed by atoms with Crippen LogP contribution in [-0.4, -0.2) is 24.1 Å². The highest BCUT2D eigenvalue weighted by molar-refractivity contribution is 5.90. The van der Waals surface area contributed by atoms with Gasteiger partial charge in [-0.3, -0.25) is 4.79 Å². The van der Waals surface area contributed by atoms with Crippen LogP contribution in [0.3, 0.4) is 0 Å². The van der Waals surface area contributed by atoms with Gasteiger partial charge in [0.1, 0.15) is 0 Å². The van der Waals surface area contributed by atoms with Gasteiger partial charge < -0.3 is 15.4 Å². The highest BCUT2D eigenvalue weighted by Crippen LogP contribution is 2.33. The Kier molecular flexibility index (Phi) is 6.41. The second kappa shape index (κ2) is 8.57. The molecule has 1 aromatic carbocycles. The summed E-state index contributed by atoms with van der Waals surface area (Å²) < 4.78 is 20.0. The zero-order valence-corrected chi connectivity index (χ0v) is 15.8. The molecular formula is C20H28ClFN2O2. The maximum Gasteiger partial charge on any atom is 0.224 e. The number of ether oxygens (including phenoxy) is 1. The van der Waals surface area contributed by atoms with Crippen molar-refractivity contribution in [2.75, 3.05) is 5.32 Å². The number of carbonyl (C=O) groups is 1. The summed E-state index contributed by atoms with van der Waals surface area (Å²) in [5.74, 6) is 0.313. The third-order valence-corrected chi connectivity index (χ3v) is 5.86. The molecule has 2 N–H and O–H groups in total. The van der Waals surface area contributed by atoms with Crippen molar-refractivity contribution in [1.29, 1.82) is 0 Å². The number of amides is 1. The number of rotatable bonds is 5. The van der Waals surface area contributed by atoms with Gasteiger partial charge in [0.05, 0.1) is 6.10 Å². The molecule has 1 amide bonds. The number of anilines is 1. The van der Waals surface area contributed by atoms with Crippen molar-refractivity contribution in [3.8, 4) is 5.75 Å². The van der Waals surface area contributed by atoms with Crippen molar-refractivity contribution in [3.05, 3.63) is 24.0 Å². The summed E-state index contributed by atoms with van der Waals surface area (Å²) in [5, 5.41) is 6.44. The van der Waals surface area contributed by atoms with Crippen LogP contribution in [0.25, 0.3) is 0 Å². The van der Waals surface area contributed by atoms with Crippen LogP contribution in [0.1, 0.15) is 57.8 Å². The first-order chi connectivity index (χ1) is 12.2. The van der Waals surface area contributed by atoms with Gasteiger partial charge in [0.15, 0.2) is 11.6 Å². The van der Waals surface area contributed by atoms with Crippen molar-refractivity contribution in [3.63, 3.8) is 0 Å². The molecule has 2 saturated heterocycles. The highest BCUT2D eigenvalue weighted by Gasteiger charge is 2.34. The van der Waals surface area contributed by atoms with E-state index >= 15 is 0 Å². The molecule has 2 unspecified atom stereocenters. The van der Waals surface area contributed by atoms with Gasteiger partial charge >= 0.3 is 0 Å². The van der Waals surface area contributed by atoms with E-state index < -0.39 is 5.82 Å². The van der Waals surface area contributed by atoms with Gasteiger partial charge in [-0.1, -0.05) is 0 Å². The normalized spacial score (nSPS) is 27.8. The monoisotopic (exact) mass is 382 g/mol. The molecule has 2 aliphatic heterocycles. The lowest BCUT2D eigenvalue weighted by Gasteiger charge is -2.28. The van der Waals surface area contributed by atoms with Crippen LogP contribution >= 0.6 is 12.4 Å². The largest absolute Gasteiger partial charge is 0.487 e. The molecule has 26 heavy (non-hydrogen) atoms. The number of hydrogen-bond donors (Lipinski definition) is 2. The van der Waals surface area contributed by atoms with Crippen molar-refractivity contribution < 1.29 is 13.9 Å². The van der Waals surface area contributed by atoms with E-state index in [2.05, 4.69) is 10.6 Å². The second-order valence-corrected chi connectivity index (χ2v) is 7.90. The number of halogens is 2. The van der Waals surface area contributed by atoms with Crippen LogP contribution in [0.4, 0.5) is 10.1 Å². The standard InChI is InChI=1S/C20H27FN2O2.ClH/c21-18-12-16(7-8-19(18)25-17-3-1-2-4-17)23-20(24)11-13-9-14-5-6-15(10-13)22-14;/h7-8,12-15,17,22H,1-6,9-11H2,(H,23,24);1H. The average Bonchev–Trinajstić information content (AvgIpc) is 3.19. The van der Waals surface area contributed by atoms with Crippen LogP contribution in [-0.2, 0) is 4.79 Å². The van der Waals surface area contributed by atoms with Gasteiger partial charge in [-0.15, -0.1) is 12.4 Å². The molecule has 0 aromatic heterocycles. The van der Waals surface area contributed by atoms with E-state index in [1.807, 2.05) is 0 Å². The minimum atomic E-state index is -0.399. The molecule has 4 nitrogen and oxygen atoms in total. The van der Waals surface area contributed by atoms with E-state index in [1.165, 1.54) is 18.9 Å². The molecule has 1 saturated carbocycles. The number of piperidine rings is 1. The fraction of sp³-hybridized carbons (Fsp3) is 0.650. The topological polar surface area (TPSA) is 50.4 Å². The predicted octanol–water partition coefficient (Wildman–Crippen LogP) is 4.43. The Morgan fingerprint density at radius 3 is 2.50 bits per heavy atom. The maximum atomic E-state index is 14.2. The number of carbonyl (C=O) groups excluding carboxylic acids is 1. The van der Waals surface area contributed by atoms with Crippen molar-refractivity contribution in [2.45, 2.75) is 76.0 Å². The molecule has 0 spiro atoms. The van der Waals surface area contributed by atoms with Crippen LogP contribution < -0.4 is 15.4 Å². The molecule has 2 heterocycles. The van der Waals surface area contributed by atoms with Gasteiger partial charge in [0, 0.05) is 30.3 Å². The zero-order chi connectivity index (χ0) is 17.2. The minimum Gasteiger partial charge on any atom is -0.487 e. The lowest BCUT2D eigenvalue weighted by molar-refractivity contribution is -0.117. The first kappa shape index (κ1) is 19.4. The van der Waals surface area contributed by atoms with Crippen molar-refractivity contribution in [2.24, 2.45) is 5.92 Å². The van der Waals surface area contributed by atoms with E-state index in [-0.39, 0.29) is 24.4 Å². The summed E-state index contributed by atoms with van der Waals surface area (Å²) in [6.07, 6.45) is 9.57. The lowest BCUT2D eigenvalue weighted by atomic mass is 9.89. The van der Waals surface area contributed by atoms with E-state index in [9.17, 15) is 9.18 Å². The summed E-state index contributed by atoms with van der Waals surface area (Å²) >= 11 is 0. The predicted molar refractivity (Wildman–Crippen MR) is 102 cm³/mol. The van der Waals surface area contributed by atoms with Crippen LogP contribution in [0, 0.1) is 11.7 Å². The number of benzene rings is 1. The molecule has 3 fully saturated rings. The summed E-state index contributed by atoms with van der Waals surface area (Å²) in [4.78, 5) is 12.3. The summed E-state index contributed by atoms with van der Waals surface area (Å²) in [6, 6.07) is 5.90. The second-order valence-electron chi connectivity index (χ2n) is 7.90. The molecule has 144 valence electrons. The first-order valence-electron chi connectivity index (χ1n) is 9.68. The maximum absolute atomic E-state index is 14.2. The Balaban J connectivity index is 0.00000196. The molecule has 2 bridgehead atoms. The fourth-order valence-corrected chi connectivity index (χ4v) is 4.68. The van der Waals surface area contributed by atoms with E-state index in [4.69, 9.17) is 4.74 Å². The van der Waals surface area contributed by atoms with E-state index in [1.54, 1.807) is 12.1 Å². The summed E-state index contributed by atoms with van der Waals surface area (Å²) in [6.45, 7) is 0. The number of hydrogen-bond acceptors (Lipinski definition) is 3. The molecular weight excluding hydrogens is 355 g/mol. The minimum absolute atomic E-state index is 0. The molecule has 1 aromatic rings. The smallest absolute Gasteiger partial charge is 0.224 e. The average molecular weight is 383 g/mol. The Morgan fingerprint density at radius 2 is 1.85 bits per heavy atom. The summed E-state index contributed by atoms with van der Waals surface area (Å²) in [5.41, 5.74) is 0.512. The third-order valence-electron chi connectivity index (χ3n) is 5.86. The molecule has 0 radical (unpaired) electrons. The Morgan fingerprint density at radius 1 is 1.15 bits per heavy atom. The van der Waals surface area contributed by atoms with Crippen LogP contribution in [0.5, 0.6) is 5.75 Å². The van der Waals surface area contributed by atoms with Gasteiger partial charge in [-0.2, -0.15) is 0 Å². The van der Waals surface area contributed by atoms with Crippen molar-refractivity contribution in [1.82, 2.24) is 5.32 Å². The van der Waals surface area contributed by atoms with Crippen LogP contribution in [0.2, 0.25) is 0 Å². The molecule has 1 aliphatic carbocycles. The zero-order valence-electron chi connectivity index (χ0n) is 15.0. The highest BCUT2D eigenvalue weighted by atomic mass is 35.5. The molecule has 6 heteroatoms. The molecule has 2 atom stereocenters. The van der Waals surface area contributed by atoms with E-state index in [0.717, 1.165) is 38.5 Å². The molecule has 4 rings (SSSR count).